The smallest absolute Gasteiger partial charge is 0.311 e. The highest BCUT2D eigenvalue weighted by atomic mass is 19.1. The number of aromatic nitrogens is 2. The van der Waals surface area contributed by atoms with Crippen LogP contribution in [0.3, 0.4) is 0 Å². The fourth-order valence-electron chi connectivity index (χ4n) is 2.04. The quantitative estimate of drug-likeness (QED) is 0.543. The molecule has 6 nitrogen and oxygen atoms in total. The molecule has 0 spiro atoms. The van der Waals surface area contributed by atoms with Gasteiger partial charge in [0.15, 0.2) is 0 Å². The average molecular weight is 299 g/mol. The zero-order valence-electron chi connectivity index (χ0n) is 11.5. The minimum absolute atomic E-state index is 0.0502. The first-order chi connectivity index (χ1) is 10.5. The zero-order valence-corrected chi connectivity index (χ0v) is 11.5. The normalized spacial score (nSPS) is 10.6. The van der Waals surface area contributed by atoms with Crippen LogP contribution in [-0.4, -0.2) is 14.9 Å². The van der Waals surface area contributed by atoms with Gasteiger partial charge in [0.1, 0.15) is 12.1 Å². The Morgan fingerprint density at radius 3 is 2.77 bits per heavy atom. The molecule has 0 saturated carbocycles. The van der Waals surface area contributed by atoms with Crippen LogP contribution in [0.25, 0.3) is 10.9 Å². The first-order valence-corrected chi connectivity index (χ1v) is 6.38. The van der Waals surface area contributed by atoms with Gasteiger partial charge in [-0.1, -0.05) is 6.07 Å². The Morgan fingerprint density at radius 2 is 2.00 bits per heavy atom. The number of hydrogen-bond donors (Lipinski definition) is 0. The Hall–Kier alpha value is -3.09. The fraction of sp³-hybridized carbons (Fsp3) is 0.0667. The Kier molecular flexibility index (Phi) is 3.38. The largest absolute Gasteiger partial charge is 0.431 e. The van der Waals surface area contributed by atoms with Crippen molar-refractivity contribution in [2.75, 3.05) is 0 Å². The highest BCUT2D eigenvalue weighted by molar-refractivity contribution is 5.83. The summed E-state index contributed by atoms with van der Waals surface area (Å²) >= 11 is 0. The first kappa shape index (κ1) is 13.9. The third-order valence-corrected chi connectivity index (χ3v) is 3.08. The van der Waals surface area contributed by atoms with Gasteiger partial charge in [0, 0.05) is 6.07 Å². The van der Waals surface area contributed by atoms with Crippen molar-refractivity contribution in [3.05, 3.63) is 64.2 Å². The van der Waals surface area contributed by atoms with Gasteiger partial charge >= 0.3 is 5.69 Å². The number of ether oxygens (including phenoxy) is 1. The van der Waals surface area contributed by atoms with Crippen molar-refractivity contribution in [1.82, 2.24) is 9.97 Å². The molecule has 0 radical (unpaired) electrons. The van der Waals surface area contributed by atoms with E-state index in [1.807, 2.05) is 0 Å². The Morgan fingerprint density at radius 1 is 1.18 bits per heavy atom. The second-order valence-corrected chi connectivity index (χ2v) is 4.67. The molecule has 0 N–H and O–H groups in total. The monoisotopic (exact) mass is 299 g/mol. The van der Waals surface area contributed by atoms with E-state index in [0.29, 0.717) is 10.9 Å². The Balaban J connectivity index is 2.13. The molecule has 1 aromatic heterocycles. The summed E-state index contributed by atoms with van der Waals surface area (Å²) in [6.07, 6.45) is 1.26. The maximum atomic E-state index is 13.4. The third-order valence-electron chi connectivity index (χ3n) is 3.08. The molecular formula is C15H10FN3O3. The first-order valence-electron chi connectivity index (χ1n) is 6.38. The molecule has 0 aliphatic carbocycles. The number of halogens is 1. The van der Waals surface area contributed by atoms with E-state index in [9.17, 15) is 14.5 Å². The summed E-state index contributed by atoms with van der Waals surface area (Å²) in [6.45, 7) is 1.79. The van der Waals surface area contributed by atoms with Gasteiger partial charge in [-0.25, -0.2) is 14.4 Å². The predicted molar refractivity (Wildman–Crippen MR) is 77.4 cm³/mol. The lowest BCUT2D eigenvalue weighted by molar-refractivity contribution is -0.385. The molecule has 0 bridgehead atoms. The van der Waals surface area contributed by atoms with E-state index in [2.05, 4.69) is 9.97 Å². The van der Waals surface area contributed by atoms with Crippen molar-refractivity contribution in [3.63, 3.8) is 0 Å². The van der Waals surface area contributed by atoms with Crippen molar-refractivity contribution >= 4 is 16.6 Å². The highest BCUT2D eigenvalue weighted by Crippen LogP contribution is 2.34. The van der Waals surface area contributed by atoms with Crippen molar-refractivity contribution in [3.8, 4) is 11.6 Å². The summed E-state index contributed by atoms with van der Waals surface area (Å²) in [5, 5.41) is 11.4. The molecule has 2 aromatic carbocycles. The van der Waals surface area contributed by atoms with Gasteiger partial charge in [-0.05, 0) is 36.8 Å². The van der Waals surface area contributed by atoms with Crippen LogP contribution in [0.1, 0.15) is 5.56 Å². The number of nitrogens with zero attached hydrogens (tertiary/aromatic N) is 3. The van der Waals surface area contributed by atoms with Gasteiger partial charge in [-0.3, -0.25) is 10.1 Å². The lowest BCUT2D eigenvalue weighted by Gasteiger charge is -2.08. The number of hydrogen-bond acceptors (Lipinski definition) is 5. The number of nitro groups is 1. The Labute approximate surface area is 124 Å². The summed E-state index contributed by atoms with van der Waals surface area (Å²) < 4.78 is 19.0. The van der Waals surface area contributed by atoms with E-state index < -0.39 is 10.7 Å². The molecule has 0 atom stereocenters. The van der Waals surface area contributed by atoms with E-state index in [1.54, 1.807) is 13.0 Å². The Bertz CT molecular complexity index is 883. The molecule has 0 aliphatic heterocycles. The molecule has 3 rings (SSSR count). The van der Waals surface area contributed by atoms with Crippen LogP contribution >= 0.6 is 0 Å². The van der Waals surface area contributed by atoms with Gasteiger partial charge in [0.05, 0.1) is 15.8 Å². The number of aryl methyl sites for hydroxylation is 1. The standard InChI is InChI=1S/C15H10FN3O3/c1-9-2-5-13(19(20)21)14(6-9)22-15-11-7-10(16)3-4-12(11)17-8-18-15/h2-8H,1H3. The molecule has 0 saturated heterocycles. The molecular weight excluding hydrogens is 289 g/mol. The van der Waals surface area contributed by atoms with Gasteiger partial charge in [-0.2, -0.15) is 0 Å². The maximum absolute atomic E-state index is 13.4. The van der Waals surface area contributed by atoms with Crippen LogP contribution in [0.2, 0.25) is 0 Å². The predicted octanol–water partition coefficient (Wildman–Crippen LogP) is 3.78. The molecule has 0 amide bonds. The molecule has 110 valence electrons. The van der Waals surface area contributed by atoms with E-state index in [1.165, 1.54) is 36.7 Å². The van der Waals surface area contributed by atoms with Gasteiger partial charge in [-0.15, -0.1) is 0 Å². The number of fused-ring (bicyclic) bond motifs is 1. The summed E-state index contributed by atoms with van der Waals surface area (Å²) in [7, 11) is 0. The lowest BCUT2D eigenvalue weighted by atomic mass is 10.2. The van der Waals surface area contributed by atoms with Crippen molar-refractivity contribution < 1.29 is 14.1 Å². The van der Waals surface area contributed by atoms with Crippen LogP contribution in [0, 0.1) is 22.9 Å². The van der Waals surface area contributed by atoms with Gasteiger partial charge in [0.25, 0.3) is 0 Å². The molecule has 1 heterocycles. The van der Waals surface area contributed by atoms with Crippen molar-refractivity contribution in [2.45, 2.75) is 6.92 Å². The van der Waals surface area contributed by atoms with Crippen LogP contribution < -0.4 is 4.74 Å². The second kappa shape index (κ2) is 5.36. The number of benzene rings is 2. The minimum atomic E-state index is -0.543. The van der Waals surface area contributed by atoms with Gasteiger partial charge < -0.3 is 4.74 Å². The summed E-state index contributed by atoms with van der Waals surface area (Å²) in [6, 6.07) is 8.49. The summed E-state index contributed by atoms with van der Waals surface area (Å²) in [5.74, 6) is -0.349. The zero-order chi connectivity index (χ0) is 15.7. The summed E-state index contributed by atoms with van der Waals surface area (Å²) in [5.41, 5.74) is 1.10. The van der Waals surface area contributed by atoms with Crippen LogP contribution in [0.15, 0.2) is 42.7 Å². The molecule has 22 heavy (non-hydrogen) atoms. The van der Waals surface area contributed by atoms with E-state index in [4.69, 9.17) is 4.74 Å². The maximum Gasteiger partial charge on any atom is 0.311 e. The van der Waals surface area contributed by atoms with Gasteiger partial charge in [0.2, 0.25) is 11.6 Å². The minimum Gasteiger partial charge on any atom is -0.431 e. The highest BCUT2D eigenvalue weighted by Gasteiger charge is 2.17. The van der Waals surface area contributed by atoms with Crippen LogP contribution in [-0.2, 0) is 0 Å². The van der Waals surface area contributed by atoms with E-state index >= 15 is 0 Å². The van der Waals surface area contributed by atoms with Crippen LogP contribution in [0.5, 0.6) is 11.6 Å². The molecule has 0 fully saturated rings. The second-order valence-electron chi connectivity index (χ2n) is 4.67. The molecule has 7 heteroatoms. The topological polar surface area (TPSA) is 78.2 Å². The molecule has 3 aromatic rings. The number of nitro benzene ring substituents is 1. The van der Waals surface area contributed by atoms with E-state index in [0.717, 1.165) is 5.56 Å². The van der Waals surface area contributed by atoms with Crippen molar-refractivity contribution in [1.29, 1.82) is 0 Å². The van der Waals surface area contributed by atoms with E-state index in [-0.39, 0.29) is 17.3 Å². The summed E-state index contributed by atoms with van der Waals surface area (Å²) in [4.78, 5) is 18.5. The fourth-order valence-corrected chi connectivity index (χ4v) is 2.04. The SMILES string of the molecule is Cc1ccc([N+](=O)[O-])c(Oc2ncnc3ccc(F)cc23)c1. The third kappa shape index (κ3) is 2.56. The lowest BCUT2D eigenvalue weighted by Crippen LogP contribution is -1.96. The number of rotatable bonds is 3. The molecule has 0 unspecified atom stereocenters. The average Bonchev–Trinajstić information content (AvgIpc) is 2.47. The molecule has 0 aliphatic rings. The van der Waals surface area contributed by atoms with Crippen molar-refractivity contribution in [2.24, 2.45) is 0 Å². The van der Waals surface area contributed by atoms with Crippen LogP contribution in [0.4, 0.5) is 10.1 Å².